The smallest absolute Gasteiger partial charge is 0.292 e. The second-order valence-electron chi connectivity index (χ2n) is 6.48. The van der Waals surface area contributed by atoms with Gasteiger partial charge in [-0.2, -0.15) is 9.78 Å². The third kappa shape index (κ3) is 3.94. The number of hydrogen-bond acceptors (Lipinski definition) is 8. The number of hydrogen-bond donors (Lipinski definition) is 0. The van der Waals surface area contributed by atoms with E-state index >= 15 is 0 Å². The molecular weight excluding hydrogens is 416 g/mol. The molecular formula is C18H17ClN6O3S. The van der Waals surface area contributed by atoms with Crippen LogP contribution >= 0.6 is 22.9 Å². The monoisotopic (exact) mass is 432 g/mol. The molecule has 1 aliphatic rings. The number of rotatable bonds is 4. The largest absolute Gasteiger partial charge is 0.367 e. The van der Waals surface area contributed by atoms with Gasteiger partial charge in [0.05, 0.1) is 22.5 Å². The summed E-state index contributed by atoms with van der Waals surface area (Å²) in [6, 6.07) is 5.60. The number of nitrogens with zero attached hydrogens (tertiary/aromatic N) is 6. The van der Waals surface area contributed by atoms with Crippen molar-refractivity contribution in [1.29, 1.82) is 0 Å². The Bertz CT molecular complexity index is 1070. The Morgan fingerprint density at radius 1 is 1.10 bits per heavy atom. The Labute approximate surface area is 174 Å². The van der Waals surface area contributed by atoms with E-state index in [1.54, 1.807) is 23.7 Å². The quantitative estimate of drug-likeness (QED) is 0.461. The van der Waals surface area contributed by atoms with Crippen molar-refractivity contribution in [3.63, 3.8) is 0 Å². The van der Waals surface area contributed by atoms with Crippen LogP contribution in [0.5, 0.6) is 0 Å². The Morgan fingerprint density at radius 2 is 1.83 bits per heavy atom. The van der Waals surface area contributed by atoms with Crippen LogP contribution in [0.1, 0.15) is 6.42 Å². The summed E-state index contributed by atoms with van der Waals surface area (Å²) in [7, 11) is 0. The molecule has 3 aromatic rings. The second kappa shape index (κ2) is 8.18. The first-order chi connectivity index (χ1) is 14.0. The van der Waals surface area contributed by atoms with Crippen molar-refractivity contribution in [2.45, 2.75) is 6.42 Å². The zero-order chi connectivity index (χ0) is 20.4. The van der Waals surface area contributed by atoms with Crippen LogP contribution in [0, 0.1) is 10.1 Å². The molecule has 1 aliphatic heterocycles. The molecule has 29 heavy (non-hydrogen) atoms. The van der Waals surface area contributed by atoms with Gasteiger partial charge in [-0.05, 0) is 18.6 Å². The normalized spacial score (nSPS) is 14.7. The van der Waals surface area contributed by atoms with E-state index in [0.29, 0.717) is 17.9 Å². The van der Waals surface area contributed by atoms with E-state index in [1.165, 1.54) is 24.3 Å². The van der Waals surface area contributed by atoms with E-state index in [4.69, 9.17) is 11.6 Å². The lowest BCUT2D eigenvalue weighted by Crippen LogP contribution is -2.32. The van der Waals surface area contributed by atoms with Crippen molar-refractivity contribution in [2.24, 2.45) is 0 Å². The molecule has 3 heterocycles. The zero-order valence-corrected chi connectivity index (χ0v) is 16.8. The van der Waals surface area contributed by atoms with Crippen molar-refractivity contribution in [3.8, 4) is 5.69 Å². The predicted molar refractivity (Wildman–Crippen MR) is 113 cm³/mol. The number of anilines is 2. The summed E-state index contributed by atoms with van der Waals surface area (Å²) in [5, 5.41) is 18.1. The standard InChI is InChI=1S/C18H17ClN6O3S/c19-16-15(22-7-1-8-23(10-9-22)18-20-6-11-29-18)12-21-24(17(16)26)13-2-4-14(5-3-13)25(27)28/h2-6,11-12H,1,7-10H2. The summed E-state index contributed by atoms with van der Waals surface area (Å²) in [4.78, 5) is 31.7. The van der Waals surface area contributed by atoms with Crippen LogP contribution in [0.2, 0.25) is 5.02 Å². The predicted octanol–water partition coefficient (Wildman–Crippen LogP) is 2.97. The van der Waals surface area contributed by atoms with E-state index in [9.17, 15) is 14.9 Å². The Hall–Kier alpha value is -2.98. The van der Waals surface area contributed by atoms with Crippen LogP contribution in [0.15, 0.2) is 46.8 Å². The zero-order valence-electron chi connectivity index (χ0n) is 15.3. The number of halogens is 1. The number of benzene rings is 1. The van der Waals surface area contributed by atoms with Gasteiger partial charge in [0, 0.05) is 49.9 Å². The molecule has 0 N–H and O–H groups in total. The first-order valence-corrected chi connectivity index (χ1v) is 10.2. The summed E-state index contributed by atoms with van der Waals surface area (Å²) < 4.78 is 1.15. The summed E-state index contributed by atoms with van der Waals surface area (Å²) in [5.74, 6) is 0. The summed E-state index contributed by atoms with van der Waals surface area (Å²) in [6.07, 6.45) is 4.27. The molecule has 0 spiro atoms. The second-order valence-corrected chi connectivity index (χ2v) is 7.73. The van der Waals surface area contributed by atoms with E-state index < -0.39 is 10.5 Å². The Balaban J connectivity index is 1.57. The van der Waals surface area contributed by atoms with Gasteiger partial charge in [-0.15, -0.1) is 11.3 Å². The van der Waals surface area contributed by atoms with Gasteiger partial charge in [0.15, 0.2) is 5.13 Å². The molecule has 0 amide bonds. The average Bonchev–Trinajstić information content (AvgIpc) is 3.15. The molecule has 9 nitrogen and oxygen atoms in total. The molecule has 1 aromatic carbocycles. The SMILES string of the molecule is O=c1c(Cl)c(N2CCCN(c3nccs3)CC2)cnn1-c1ccc([N+](=O)[O-])cc1. The molecule has 1 saturated heterocycles. The first kappa shape index (κ1) is 19.3. The van der Waals surface area contributed by atoms with Crippen molar-refractivity contribution in [1.82, 2.24) is 14.8 Å². The van der Waals surface area contributed by atoms with Gasteiger partial charge in [-0.25, -0.2) is 4.98 Å². The van der Waals surface area contributed by atoms with Gasteiger partial charge >= 0.3 is 0 Å². The number of aromatic nitrogens is 3. The fourth-order valence-corrected chi connectivity index (χ4v) is 4.21. The molecule has 0 saturated carbocycles. The molecule has 11 heteroatoms. The first-order valence-electron chi connectivity index (χ1n) is 8.96. The molecule has 0 atom stereocenters. The number of nitro benzene ring substituents is 1. The third-order valence-electron chi connectivity index (χ3n) is 4.73. The molecule has 2 aromatic heterocycles. The van der Waals surface area contributed by atoms with Crippen LogP contribution in [0.25, 0.3) is 5.69 Å². The highest BCUT2D eigenvalue weighted by Gasteiger charge is 2.21. The minimum atomic E-state index is -0.496. The number of non-ortho nitro benzene ring substituents is 1. The van der Waals surface area contributed by atoms with Crippen molar-refractivity contribution >= 4 is 39.4 Å². The lowest BCUT2D eigenvalue weighted by molar-refractivity contribution is -0.384. The minimum Gasteiger partial charge on any atom is -0.367 e. The summed E-state index contributed by atoms with van der Waals surface area (Å²) >= 11 is 8.01. The maximum atomic E-state index is 12.8. The average molecular weight is 433 g/mol. The van der Waals surface area contributed by atoms with E-state index in [1.807, 2.05) is 5.38 Å². The Morgan fingerprint density at radius 3 is 2.52 bits per heavy atom. The van der Waals surface area contributed by atoms with E-state index in [0.717, 1.165) is 35.9 Å². The maximum absolute atomic E-state index is 12.8. The highest BCUT2D eigenvalue weighted by molar-refractivity contribution is 7.13. The summed E-state index contributed by atoms with van der Waals surface area (Å²) in [5.41, 5.74) is 0.494. The molecule has 0 unspecified atom stereocenters. The van der Waals surface area contributed by atoms with Gasteiger partial charge in [0.1, 0.15) is 5.02 Å². The highest BCUT2D eigenvalue weighted by atomic mass is 35.5. The molecule has 0 aliphatic carbocycles. The molecule has 150 valence electrons. The molecule has 0 bridgehead atoms. The van der Waals surface area contributed by atoms with E-state index in [-0.39, 0.29) is 10.7 Å². The van der Waals surface area contributed by atoms with Crippen molar-refractivity contribution in [2.75, 3.05) is 36.0 Å². The van der Waals surface area contributed by atoms with Crippen molar-refractivity contribution < 1.29 is 4.92 Å². The van der Waals surface area contributed by atoms with Gasteiger partial charge in [0.25, 0.3) is 11.2 Å². The van der Waals surface area contributed by atoms with Crippen LogP contribution in [-0.4, -0.2) is 45.9 Å². The maximum Gasteiger partial charge on any atom is 0.292 e. The van der Waals surface area contributed by atoms with Gasteiger partial charge in [-0.3, -0.25) is 14.9 Å². The van der Waals surface area contributed by atoms with Crippen molar-refractivity contribution in [3.05, 3.63) is 67.5 Å². The summed E-state index contributed by atoms with van der Waals surface area (Å²) in [6.45, 7) is 3.11. The topological polar surface area (TPSA) is 97.4 Å². The van der Waals surface area contributed by atoms with Crippen LogP contribution in [-0.2, 0) is 0 Å². The fourth-order valence-electron chi connectivity index (χ4n) is 3.27. The molecule has 4 rings (SSSR count). The Kier molecular flexibility index (Phi) is 5.45. The van der Waals surface area contributed by atoms with Gasteiger partial charge < -0.3 is 9.80 Å². The van der Waals surface area contributed by atoms with E-state index in [2.05, 4.69) is 19.9 Å². The number of thiazole rings is 1. The fraction of sp³-hybridized carbons (Fsp3) is 0.278. The van der Waals surface area contributed by atoms with Gasteiger partial charge in [-0.1, -0.05) is 11.6 Å². The number of nitro groups is 1. The highest BCUT2D eigenvalue weighted by Crippen LogP contribution is 2.25. The lowest BCUT2D eigenvalue weighted by atomic mass is 10.3. The van der Waals surface area contributed by atoms with Gasteiger partial charge in [0.2, 0.25) is 0 Å². The lowest BCUT2D eigenvalue weighted by Gasteiger charge is -2.24. The molecule has 1 fully saturated rings. The third-order valence-corrected chi connectivity index (χ3v) is 5.92. The van der Waals surface area contributed by atoms with Crippen LogP contribution < -0.4 is 15.4 Å². The van der Waals surface area contributed by atoms with Crippen LogP contribution in [0.4, 0.5) is 16.5 Å². The minimum absolute atomic E-state index is 0.0566. The molecule has 0 radical (unpaired) electrons. The van der Waals surface area contributed by atoms with Crippen LogP contribution in [0.3, 0.4) is 0 Å².